The van der Waals surface area contributed by atoms with Crippen molar-refractivity contribution in [2.24, 2.45) is 0 Å². The topological polar surface area (TPSA) is 83.3 Å². The maximum atomic E-state index is 13.7. The number of likely N-dealkylation sites (tertiary alicyclic amines) is 1. The number of carbonyl (C=O) groups excluding carboxylic acids is 2. The van der Waals surface area contributed by atoms with Crippen LogP contribution in [0.15, 0.2) is 54.7 Å². The Labute approximate surface area is 220 Å². The zero-order valence-corrected chi connectivity index (χ0v) is 20.6. The van der Waals surface area contributed by atoms with E-state index >= 15 is 0 Å². The standard InChI is InChI=1S/C28H22F5N3O3/c1-17(12-18-2-5-21(6-3-18)39-28(31,32)33)19-4-7-24-23(13-19)22(10-11-35-24)25(37)8-9-26(38)36-16-27(29,30)14-20(36)15-34/h2-7,10-13,20H,8-9,14,16H2,1H3/b17-12+/t20-/m0/s1. The van der Waals surface area contributed by atoms with Crippen molar-refractivity contribution in [2.45, 2.75) is 44.5 Å². The average molecular weight is 543 g/mol. The average Bonchev–Trinajstić information content (AvgIpc) is 3.21. The molecule has 1 amide bonds. The van der Waals surface area contributed by atoms with Crippen LogP contribution >= 0.6 is 0 Å². The van der Waals surface area contributed by atoms with Crippen LogP contribution < -0.4 is 4.74 Å². The highest BCUT2D eigenvalue weighted by Gasteiger charge is 2.47. The van der Waals surface area contributed by atoms with E-state index in [9.17, 15) is 31.5 Å². The van der Waals surface area contributed by atoms with Gasteiger partial charge >= 0.3 is 6.36 Å². The van der Waals surface area contributed by atoms with Crippen LogP contribution in [0, 0.1) is 11.3 Å². The highest BCUT2D eigenvalue weighted by atomic mass is 19.4. The highest BCUT2D eigenvalue weighted by molar-refractivity contribution is 6.08. The maximum Gasteiger partial charge on any atom is 0.573 e. The Kier molecular flexibility index (Phi) is 7.67. The monoisotopic (exact) mass is 543 g/mol. The Bertz CT molecular complexity index is 1480. The molecule has 3 aromatic rings. The van der Waals surface area contributed by atoms with Crippen LogP contribution in [0.4, 0.5) is 22.0 Å². The Hall–Kier alpha value is -4.33. The summed E-state index contributed by atoms with van der Waals surface area (Å²) in [6, 6.07) is 12.6. The van der Waals surface area contributed by atoms with E-state index in [1.807, 2.05) is 0 Å². The smallest absolute Gasteiger partial charge is 0.406 e. The van der Waals surface area contributed by atoms with Gasteiger partial charge in [-0.3, -0.25) is 14.6 Å². The molecule has 0 N–H and O–H groups in total. The van der Waals surface area contributed by atoms with Gasteiger partial charge in [0.15, 0.2) is 5.78 Å². The fourth-order valence-corrected chi connectivity index (χ4v) is 4.43. The summed E-state index contributed by atoms with van der Waals surface area (Å²) in [5, 5.41) is 9.63. The molecule has 0 aliphatic carbocycles. The predicted molar refractivity (Wildman–Crippen MR) is 133 cm³/mol. The summed E-state index contributed by atoms with van der Waals surface area (Å²) >= 11 is 0. The van der Waals surface area contributed by atoms with E-state index in [1.165, 1.54) is 36.5 Å². The Morgan fingerprint density at radius 3 is 2.54 bits per heavy atom. The van der Waals surface area contributed by atoms with Crippen LogP contribution in [0.5, 0.6) is 5.75 Å². The molecule has 2 heterocycles. The first-order valence-electron chi connectivity index (χ1n) is 11.9. The fourth-order valence-electron chi connectivity index (χ4n) is 4.43. The van der Waals surface area contributed by atoms with Crippen molar-refractivity contribution in [3.8, 4) is 11.8 Å². The minimum atomic E-state index is -4.78. The number of rotatable bonds is 7. The summed E-state index contributed by atoms with van der Waals surface area (Å²) in [5.41, 5.74) is 2.95. The molecule has 2 aromatic carbocycles. The number of Topliss-reactive ketones (excluding diaryl/α,β-unsaturated/α-hetero) is 1. The number of pyridine rings is 1. The van der Waals surface area contributed by atoms with Crippen molar-refractivity contribution >= 4 is 34.2 Å². The quantitative estimate of drug-likeness (QED) is 0.195. The molecule has 1 atom stereocenters. The summed E-state index contributed by atoms with van der Waals surface area (Å²) in [7, 11) is 0. The first kappa shape index (κ1) is 27.7. The zero-order valence-electron chi connectivity index (χ0n) is 20.6. The molecule has 0 saturated carbocycles. The normalized spacial score (nSPS) is 17.2. The largest absolute Gasteiger partial charge is 0.573 e. The number of nitrogens with zero attached hydrogens (tertiary/aromatic N) is 3. The van der Waals surface area contributed by atoms with Crippen molar-refractivity contribution in [3.05, 3.63) is 71.4 Å². The molecule has 1 fully saturated rings. The minimum Gasteiger partial charge on any atom is -0.406 e. The third-order valence-corrected chi connectivity index (χ3v) is 6.30. The molecule has 11 heteroatoms. The fraction of sp³-hybridized carbons (Fsp3) is 0.286. The van der Waals surface area contributed by atoms with Gasteiger partial charge in [-0.05, 0) is 54.0 Å². The van der Waals surface area contributed by atoms with Gasteiger partial charge in [0.25, 0.3) is 5.92 Å². The Morgan fingerprint density at radius 2 is 1.87 bits per heavy atom. The first-order chi connectivity index (χ1) is 18.3. The second-order valence-corrected chi connectivity index (χ2v) is 9.18. The van der Waals surface area contributed by atoms with E-state index in [0.717, 1.165) is 16.0 Å². The van der Waals surface area contributed by atoms with Gasteiger partial charge in [0.2, 0.25) is 5.91 Å². The molecule has 0 unspecified atom stereocenters. The molecular weight excluding hydrogens is 521 g/mol. The van der Waals surface area contributed by atoms with E-state index in [1.54, 1.807) is 37.3 Å². The second-order valence-electron chi connectivity index (χ2n) is 9.18. The number of ether oxygens (including phenoxy) is 1. The van der Waals surface area contributed by atoms with E-state index in [-0.39, 0.29) is 24.4 Å². The highest BCUT2D eigenvalue weighted by Crippen LogP contribution is 2.32. The summed E-state index contributed by atoms with van der Waals surface area (Å²) in [5.74, 6) is -4.54. The molecule has 1 aliphatic rings. The van der Waals surface area contributed by atoms with Gasteiger partial charge < -0.3 is 9.64 Å². The molecule has 202 valence electrons. The molecule has 39 heavy (non-hydrogen) atoms. The Balaban J connectivity index is 1.51. The summed E-state index contributed by atoms with van der Waals surface area (Å²) < 4.78 is 68.4. The van der Waals surface area contributed by atoms with Crippen LogP contribution in [0.3, 0.4) is 0 Å². The molecule has 1 saturated heterocycles. The molecular formula is C28H22F5N3O3. The number of alkyl halides is 5. The lowest BCUT2D eigenvalue weighted by atomic mass is 9.97. The van der Waals surface area contributed by atoms with Crippen LogP contribution in [0.1, 0.15) is 47.7 Å². The third-order valence-electron chi connectivity index (χ3n) is 6.30. The van der Waals surface area contributed by atoms with Crippen molar-refractivity contribution in [3.63, 3.8) is 0 Å². The number of hydrogen-bond donors (Lipinski definition) is 0. The van der Waals surface area contributed by atoms with Gasteiger partial charge in [-0.25, -0.2) is 8.78 Å². The van der Waals surface area contributed by atoms with Crippen molar-refractivity contribution in [1.82, 2.24) is 9.88 Å². The van der Waals surface area contributed by atoms with Crippen molar-refractivity contribution < 1.29 is 36.3 Å². The molecule has 6 nitrogen and oxygen atoms in total. The van der Waals surface area contributed by atoms with E-state index < -0.39 is 37.2 Å². The zero-order chi connectivity index (χ0) is 28.4. The van der Waals surface area contributed by atoms with Gasteiger partial charge in [0.1, 0.15) is 11.8 Å². The van der Waals surface area contributed by atoms with Gasteiger partial charge in [-0.15, -0.1) is 13.2 Å². The van der Waals surface area contributed by atoms with Crippen LogP contribution in [0.2, 0.25) is 0 Å². The van der Waals surface area contributed by atoms with Crippen molar-refractivity contribution in [2.75, 3.05) is 6.54 Å². The number of aromatic nitrogens is 1. The van der Waals surface area contributed by atoms with E-state index in [2.05, 4.69) is 9.72 Å². The first-order valence-corrected chi connectivity index (χ1v) is 11.9. The molecule has 0 bridgehead atoms. The van der Waals surface area contributed by atoms with Crippen LogP contribution in [-0.2, 0) is 4.79 Å². The van der Waals surface area contributed by atoms with Gasteiger partial charge in [-0.1, -0.05) is 24.3 Å². The molecule has 0 spiro atoms. The number of halogens is 5. The Morgan fingerprint density at radius 1 is 1.15 bits per heavy atom. The lowest BCUT2D eigenvalue weighted by Crippen LogP contribution is -2.36. The number of benzene rings is 2. The minimum absolute atomic E-state index is 0.233. The van der Waals surface area contributed by atoms with Gasteiger partial charge in [0, 0.05) is 36.4 Å². The van der Waals surface area contributed by atoms with E-state index in [4.69, 9.17) is 5.26 Å². The summed E-state index contributed by atoms with van der Waals surface area (Å²) in [4.78, 5) is 30.7. The molecule has 0 radical (unpaired) electrons. The van der Waals surface area contributed by atoms with Gasteiger partial charge in [0.05, 0.1) is 18.1 Å². The molecule has 1 aromatic heterocycles. The lowest BCUT2D eigenvalue weighted by Gasteiger charge is -2.18. The predicted octanol–water partition coefficient (Wildman–Crippen LogP) is 6.42. The van der Waals surface area contributed by atoms with E-state index in [0.29, 0.717) is 22.0 Å². The number of nitriles is 1. The number of allylic oxidation sites excluding steroid dienone is 1. The summed E-state index contributed by atoms with van der Waals surface area (Å²) in [6.07, 6.45) is -2.84. The van der Waals surface area contributed by atoms with Crippen LogP contribution in [0.25, 0.3) is 22.6 Å². The maximum absolute atomic E-state index is 13.7. The van der Waals surface area contributed by atoms with Crippen LogP contribution in [-0.4, -0.2) is 46.4 Å². The SMILES string of the molecule is C/C(=C\c1ccc(OC(F)(F)F)cc1)c1ccc2nccc(C(=O)CCC(=O)N3CC(F)(F)C[C@H]3C#N)c2c1. The number of fused-ring (bicyclic) bond motifs is 1. The number of hydrogen-bond acceptors (Lipinski definition) is 5. The summed E-state index contributed by atoms with van der Waals surface area (Å²) in [6.45, 7) is 0.957. The molecule has 4 rings (SSSR count). The number of amides is 1. The number of carbonyl (C=O) groups is 2. The van der Waals surface area contributed by atoms with Crippen molar-refractivity contribution in [1.29, 1.82) is 5.26 Å². The van der Waals surface area contributed by atoms with Gasteiger partial charge in [-0.2, -0.15) is 5.26 Å². The molecule has 1 aliphatic heterocycles. The lowest BCUT2D eigenvalue weighted by molar-refractivity contribution is -0.274. The number of ketones is 1. The second kappa shape index (κ2) is 10.8. The third kappa shape index (κ3) is 6.76.